The van der Waals surface area contributed by atoms with Crippen molar-refractivity contribution < 1.29 is 19.4 Å². The molecule has 2 aromatic heterocycles. The minimum absolute atomic E-state index is 0.0651. The second-order valence-electron chi connectivity index (χ2n) is 7.56. The number of carbonyl (C=O) groups is 2. The highest BCUT2D eigenvalue weighted by Gasteiger charge is 2.22. The highest BCUT2D eigenvalue weighted by atomic mass is 32.1. The third kappa shape index (κ3) is 6.23. The molecule has 0 radical (unpaired) electrons. The number of carbonyl (C=O) groups excluding carboxylic acids is 2. The number of urea groups is 1. The average molecular weight is 470 g/mol. The van der Waals surface area contributed by atoms with Crippen molar-refractivity contribution in [3.8, 4) is 5.75 Å². The summed E-state index contributed by atoms with van der Waals surface area (Å²) in [6.45, 7) is 4.00. The van der Waals surface area contributed by atoms with Crippen LogP contribution in [0.4, 0.5) is 10.5 Å². The number of nitrogens with zero attached hydrogens (tertiary/aromatic N) is 1. The lowest BCUT2D eigenvalue weighted by Crippen LogP contribution is -2.35. The van der Waals surface area contributed by atoms with Crippen molar-refractivity contribution in [3.05, 3.63) is 79.9 Å². The molecule has 0 saturated carbocycles. The second-order valence-corrected chi connectivity index (χ2v) is 8.76. The number of rotatable bonds is 8. The zero-order chi connectivity index (χ0) is 24.0. The number of nitrogens with one attached hydrogen (secondary N) is 2. The molecular formula is C24H27N3O5S. The summed E-state index contributed by atoms with van der Waals surface area (Å²) in [6, 6.07) is 11.9. The molecule has 0 bridgehead atoms. The Labute approximate surface area is 195 Å². The molecule has 9 heteroatoms. The summed E-state index contributed by atoms with van der Waals surface area (Å²) in [5.41, 5.74) is 1.61. The van der Waals surface area contributed by atoms with Crippen LogP contribution in [0, 0.1) is 6.92 Å². The van der Waals surface area contributed by atoms with Crippen LogP contribution in [0.5, 0.6) is 5.75 Å². The van der Waals surface area contributed by atoms with Crippen LogP contribution in [0.25, 0.3) is 0 Å². The first-order valence-corrected chi connectivity index (χ1v) is 11.3. The van der Waals surface area contributed by atoms with Crippen LogP contribution in [-0.2, 0) is 23.0 Å². The first-order valence-electron chi connectivity index (χ1n) is 10.5. The van der Waals surface area contributed by atoms with Gasteiger partial charge in [-0.2, -0.15) is 0 Å². The van der Waals surface area contributed by atoms with Crippen molar-refractivity contribution in [3.63, 3.8) is 0 Å². The lowest BCUT2D eigenvalue weighted by molar-refractivity contribution is -0.143. The van der Waals surface area contributed by atoms with E-state index in [0.717, 1.165) is 16.2 Å². The fraction of sp³-hybridized carbons (Fsp3) is 0.292. The van der Waals surface area contributed by atoms with E-state index in [2.05, 4.69) is 29.7 Å². The van der Waals surface area contributed by atoms with Crippen molar-refractivity contribution in [2.24, 2.45) is 7.05 Å². The monoisotopic (exact) mass is 469 g/mol. The molecule has 0 fully saturated rings. The Kier molecular flexibility index (Phi) is 7.89. The van der Waals surface area contributed by atoms with Gasteiger partial charge < -0.3 is 25.0 Å². The molecule has 3 rings (SSSR count). The summed E-state index contributed by atoms with van der Waals surface area (Å²) in [7, 11) is 1.51. The van der Waals surface area contributed by atoms with E-state index < -0.39 is 23.6 Å². The van der Waals surface area contributed by atoms with E-state index in [1.54, 1.807) is 6.92 Å². The van der Waals surface area contributed by atoms with E-state index in [9.17, 15) is 19.5 Å². The molecule has 0 aliphatic carbocycles. The van der Waals surface area contributed by atoms with E-state index in [4.69, 9.17) is 4.74 Å². The van der Waals surface area contributed by atoms with E-state index >= 15 is 0 Å². The molecule has 0 aliphatic heterocycles. The Balaban J connectivity index is 1.79. The van der Waals surface area contributed by atoms with E-state index in [0.29, 0.717) is 0 Å². The van der Waals surface area contributed by atoms with Crippen molar-refractivity contribution in [1.29, 1.82) is 0 Å². The number of ether oxygens (including phenoxy) is 1. The second kappa shape index (κ2) is 10.8. The Hall–Kier alpha value is -3.59. The standard InChI is InChI=1S/C24H27N3O5S/c1-4-32-21(29)14-18(25-24(31)26-22-19(28)11-12-27(3)23(22)30)20-10-9-17(33-20)13-16-8-6-5-7-15(16)2/h5-12,18,28H,4,13-14H2,1-3H3,(H2,25,26,31)/t18-/m0/s1. The number of hydrogen-bond donors (Lipinski definition) is 3. The number of amides is 2. The number of hydrogen-bond acceptors (Lipinski definition) is 6. The summed E-state index contributed by atoms with van der Waals surface area (Å²) in [5.74, 6) is -0.790. The number of pyridine rings is 1. The molecule has 33 heavy (non-hydrogen) atoms. The van der Waals surface area contributed by atoms with Gasteiger partial charge in [-0.25, -0.2) is 4.79 Å². The van der Waals surface area contributed by atoms with E-state index in [1.807, 2.05) is 24.3 Å². The predicted molar refractivity (Wildman–Crippen MR) is 128 cm³/mol. The molecule has 3 N–H and O–H groups in total. The Bertz CT molecular complexity index is 1200. The van der Waals surface area contributed by atoms with Crippen LogP contribution in [0.3, 0.4) is 0 Å². The third-order valence-corrected chi connectivity index (χ3v) is 6.32. The normalized spacial score (nSPS) is 11.6. The third-order valence-electron chi connectivity index (χ3n) is 5.12. The molecule has 2 heterocycles. The summed E-state index contributed by atoms with van der Waals surface area (Å²) in [5, 5.41) is 15.1. The molecule has 0 aliphatic rings. The number of anilines is 1. The number of thiophene rings is 1. The summed E-state index contributed by atoms with van der Waals surface area (Å²) >= 11 is 1.50. The molecule has 1 atom stereocenters. The van der Waals surface area contributed by atoms with Gasteiger partial charge in [0.05, 0.1) is 19.1 Å². The molecule has 3 aromatic rings. The molecule has 0 spiro atoms. The van der Waals surface area contributed by atoms with Gasteiger partial charge in [0.2, 0.25) is 0 Å². The molecule has 0 unspecified atom stereocenters. The number of aryl methyl sites for hydroxylation is 2. The number of benzene rings is 1. The quantitative estimate of drug-likeness (QED) is 0.434. The maximum atomic E-state index is 12.7. The molecule has 8 nitrogen and oxygen atoms in total. The molecule has 1 aromatic carbocycles. The van der Waals surface area contributed by atoms with Crippen LogP contribution in [-0.4, -0.2) is 28.3 Å². The van der Waals surface area contributed by atoms with Crippen LogP contribution in [0.15, 0.2) is 53.5 Å². The smallest absolute Gasteiger partial charge is 0.320 e. The van der Waals surface area contributed by atoms with E-state index in [1.165, 1.54) is 46.3 Å². The minimum atomic E-state index is -0.711. The van der Waals surface area contributed by atoms with Gasteiger partial charge >= 0.3 is 12.0 Å². The number of aromatic nitrogens is 1. The SMILES string of the molecule is CCOC(=O)C[C@H](NC(=O)Nc1c(O)ccn(C)c1=O)c1ccc(Cc2ccccc2C)s1. The highest BCUT2D eigenvalue weighted by Crippen LogP contribution is 2.28. The van der Waals surface area contributed by atoms with Crippen molar-refractivity contribution in [2.75, 3.05) is 11.9 Å². The topological polar surface area (TPSA) is 110 Å². The maximum Gasteiger partial charge on any atom is 0.320 e. The zero-order valence-corrected chi connectivity index (χ0v) is 19.6. The Morgan fingerprint density at radius 1 is 1.18 bits per heavy atom. The van der Waals surface area contributed by atoms with Crippen molar-refractivity contribution >= 4 is 29.0 Å². The maximum absolute atomic E-state index is 12.7. The largest absolute Gasteiger partial charge is 0.505 e. The summed E-state index contributed by atoms with van der Waals surface area (Å²) in [6.07, 6.45) is 2.07. The van der Waals surface area contributed by atoms with Gasteiger partial charge in [0, 0.05) is 29.4 Å². The first kappa shape index (κ1) is 24.1. The van der Waals surface area contributed by atoms with Gasteiger partial charge in [0.15, 0.2) is 5.69 Å². The van der Waals surface area contributed by atoms with Gasteiger partial charge in [0.1, 0.15) is 5.75 Å². The summed E-state index contributed by atoms with van der Waals surface area (Å²) in [4.78, 5) is 39.0. The summed E-state index contributed by atoms with van der Waals surface area (Å²) < 4.78 is 6.31. The molecule has 2 amide bonds. The van der Waals surface area contributed by atoms with Crippen molar-refractivity contribution in [1.82, 2.24) is 9.88 Å². The van der Waals surface area contributed by atoms with Gasteiger partial charge in [0.25, 0.3) is 5.56 Å². The molecular weight excluding hydrogens is 442 g/mol. The fourth-order valence-electron chi connectivity index (χ4n) is 3.33. The number of esters is 1. The Morgan fingerprint density at radius 3 is 2.67 bits per heavy atom. The fourth-order valence-corrected chi connectivity index (χ4v) is 4.41. The predicted octanol–water partition coefficient (Wildman–Crippen LogP) is 3.87. The van der Waals surface area contributed by atoms with Gasteiger partial charge in [-0.1, -0.05) is 24.3 Å². The van der Waals surface area contributed by atoms with Gasteiger partial charge in [-0.3, -0.25) is 9.59 Å². The lowest BCUT2D eigenvalue weighted by atomic mass is 10.1. The first-order chi connectivity index (χ1) is 15.8. The lowest BCUT2D eigenvalue weighted by Gasteiger charge is -2.17. The van der Waals surface area contributed by atoms with E-state index in [-0.39, 0.29) is 24.5 Å². The van der Waals surface area contributed by atoms with Gasteiger partial charge in [-0.15, -0.1) is 11.3 Å². The molecule has 174 valence electrons. The van der Waals surface area contributed by atoms with Crippen LogP contribution >= 0.6 is 11.3 Å². The van der Waals surface area contributed by atoms with Crippen molar-refractivity contribution in [2.45, 2.75) is 32.7 Å². The van der Waals surface area contributed by atoms with Crippen LogP contribution in [0.2, 0.25) is 0 Å². The minimum Gasteiger partial charge on any atom is -0.505 e. The molecule has 0 saturated heterocycles. The zero-order valence-electron chi connectivity index (χ0n) is 18.8. The van der Waals surface area contributed by atoms with Gasteiger partial charge in [-0.05, 0) is 43.2 Å². The number of aromatic hydroxyl groups is 1. The van der Waals surface area contributed by atoms with Crippen LogP contribution in [0.1, 0.15) is 40.3 Å². The Morgan fingerprint density at radius 2 is 1.94 bits per heavy atom. The average Bonchev–Trinajstić information content (AvgIpc) is 3.24. The van der Waals surface area contributed by atoms with Crippen LogP contribution < -0.4 is 16.2 Å². The highest BCUT2D eigenvalue weighted by molar-refractivity contribution is 7.12.